The lowest BCUT2D eigenvalue weighted by Crippen LogP contribution is -2.08. The summed E-state index contributed by atoms with van der Waals surface area (Å²) >= 11 is 0. The van der Waals surface area contributed by atoms with Gasteiger partial charge in [0.25, 0.3) is 0 Å². The number of rotatable bonds is 9. The number of methoxy groups -OCH3 is 1. The summed E-state index contributed by atoms with van der Waals surface area (Å²) in [4.78, 5) is 18.3. The first-order chi connectivity index (χ1) is 17.3. The van der Waals surface area contributed by atoms with Gasteiger partial charge in [0.05, 0.1) is 19.1 Å². The summed E-state index contributed by atoms with van der Waals surface area (Å²) in [6, 6.07) is 22.1. The number of ether oxygens (including phenoxy) is 1. The van der Waals surface area contributed by atoms with E-state index in [-0.39, 0.29) is 0 Å². The Balaban J connectivity index is 1.43. The van der Waals surface area contributed by atoms with Crippen LogP contribution in [0.5, 0.6) is 5.75 Å². The Hall–Kier alpha value is -4.52. The number of nitrogens with one attached hydrogen (secondary N) is 1. The monoisotopic (exact) mass is 462 g/mol. The smallest absolute Gasteiger partial charge is 0.162 e. The molecule has 3 heterocycles. The highest BCUT2D eigenvalue weighted by molar-refractivity contribution is 5.73. The van der Waals surface area contributed by atoms with Crippen molar-refractivity contribution in [2.45, 2.75) is 13.0 Å². The van der Waals surface area contributed by atoms with Gasteiger partial charge in [-0.1, -0.05) is 42.5 Å². The number of hydrogen-bond donors (Lipinski definition) is 1. The maximum Gasteiger partial charge on any atom is 0.162 e. The van der Waals surface area contributed by atoms with Gasteiger partial charge in [-0.25, -0.2) is 15.0 Å². The van der Waals surface area contributed by atoms with Crippen molar-refractivity contribution < 1.29 is 4.74 Å². The van der Waals surface area contributed by atoms with E-state index in [0.717, 1.165) is 59.0 Å². The lowest BCUT2D eigenvalue weighted by atomic mass is 10.0. The second kappa shape index (κ2) is 10.6. The van der Waals surface area contributed by atoms with Crippen LogP contribution in [0, 0.1) is 0 Å². The predicted molar refractivity (Wildman–Crippen MR) is 138 cm³/mol. The molecule has 0 aliphatic rings. The molecule has 0 fully saturated rings. The van der Waals surface area contributed by atoms with Gasteiger partial charge in [0.2, 0.25) is 0 Å². The molecule has 0 bridgehead atoms. The van der Waals surface area contributed by atoms with Crippen molar-refractivity contribution in [2.24, 2.45) is 0 Å². The zero-order valence-corrected chi connectivity index (χ0v) is 19.5. The number of benzene rings is 2. The Bertz CT molecular complexity index is 1370. The van der Waals surface area contributed by atoms with Crippen LogP contribution in [0.1, 0.15) is 6.42 Å². The van der Waals surface area contributed by atoms with Crippen LogP contribution in [0.15, 0.2) is 97.8 Å². The molecule has 0 aliphatic heterocycles. The molecule has 1 N–H and O–H groups in total. The van der Waals surface area contributed by atoms with Crippen LogP contribution in [-0.4, -0.2) is 38.2 Å². The molecule has 5 rings (SSSR count). The Labute approximate surface area is 204 Å². The third-order valence-corrected chi connectivity index (χ3v) is 5.67. The highest BCUT2D eigenvalue weighted by Crippen LogP contribution is 2.28. The van der Waals surface area contributed by atoms with Crippen molar-refractivity contribution in [3.63, 3.8) is 0 Å². The zero-order valence-electron chi connectivity index (χ0n) is 19.5. The average Bonchev–Trinajstić information content (AvgIpc) is 3.45. The van der Waals surface area contributed by atoms with Gasteiger partial charge in [0.15, 0.2) is 5.82 Å². The lowest BCUT2D eigenvalue weighted by Gasteiger charge is -2.11. The van der Waals surface area contributed by atoms with E-state index in [0.29, 0.717) is 5.82 Å². The Morgan fingerprint density at radius 1 is 0.829 bits per heavy atom. The Morgan fingerprint density at radius 2 is 1.66 bits per heavy atom. The first-order valence-electron chi connectivity index (χ1n) is 11.5. The minimum atomic E-state index is 0.676. The van der Waals surface area contributed by atoms with Crippen molar-refractivity contribution >= 4 is 5.82 Å². The van der Waals surface area contributed by atoms with E-state index < -0.39 is 0 Å². The van der Waals surface area contributed by atoms with Gasteiger partial charge < -0.3 is 14.6 Å². The highest BCUT2D eigenvalue weighted by atomic mass is 16.5. The molecule has 7 heteroatoms. The number of anilines is 1. The van der Waals surface area contributed by atoms with Crippen LogP contribution in [-0.2, 0) is 6.54 Å². The molecule has 0 saturated carbocycles. The van der Waals surface area contributed by atoms with Crippen LogP contribution in [0.3, 0.4) is 0 Å². The zero-order chi connectivity index (χ0) is 23.9. The maximum absolute atomic E-state index is 5.28. The third kappa shape index (κ3) is 5.52. The normalized spacial score (nSPS) is 10.8. The fraction of sp³-hybridized carbons (Fsp3) is 0.143. The number of aromatic nitrogens is 5. The molecule has 0 saturated heterocycles. The molecule has 174 valence electrons. The number of hydrogen-bond acceptors (Lipinski definition) is 6. The summed E-state index contributed by atoms with van der Waals surface area (Å²) in [6.45, 7) is 1.68. The van der Waals surface area contributed by atoms with Crippen molar-refractivity contribution in [1.29, 1.82) is 0 Å². The van der Waals surface area contributed by atoms with E-state index in [1.165, 1.54) is 0 Å². The van der Waals surface area contributed by atoms with Gasteiger partial charge in [0.1, 0.15) is 11.6 Å². The number of imidazole rings is 1. The minimum Gasteiger partial charge on any atom is -0.497 e. The average molecular weight is 463 g/mol. The van der Waals surface area contributed by atoms with Gasteiger partial charge in [-0.3, -0.25) is 4.98 Å². The van der Waals surface area contributed by atoms with Crippen molar-refractivity contribution in [3.05, 3.63) is 97.8 Å². The van der Waals surface area contributed by atoms with E-state index in [9.17, 15) is 0 Å². The standard InChI is InChI=1S/C28H26N6O/c1-35-25-10-8-21(9-11-25)23-16-24(19-30-18-23)26-17-27(31-12-5-14-34-15-13-29-20-34)33-28(32-26)22-6-3-2-4-7-22/h2-4,6-11,13,15-20H,5,12,14H2,1H3,(H,31,32,33). The van der Waals surface area contributed by atoms with Crippen LogP contribution in [0.25, 0.3) is 33.8 Å². The predicted octanol–water partition coefficient (Wildman–Crippen LogP) is 5.58. The summed E-state index contributed by atoms with van der Waals surface area (Å²) in [5, 5.41) is 3.47. The molecule has 35 heavy (non-hydrogen) atoms. The molecule has 3 aromatic heterocycles. The van der Waals surface area contributed by atoms with Crippen molar-refractivity contribution in [2.75, 3.05) is 19.0 Å². The van der Waals surface area contributed by atoms with Crippen LogP contribution >= 0.6 is 0 Å². The van der Waals surface area contributed by atoms with Gasteiger partial charge in [-0.05, 0) is 30.2 Å². The first kappa shape index (κ1) is 22.3. The summed E-state index contributed by atoms with van der Waals surface area (Å²) in [5.74, 6) is 2.29. The second-order valence-electron chi connectivity index (χ2n) is 8.10. The van der Waals surface area contributed by atoms with Gasteiger partial charge in [0, 0.05) is 60.6 Å². The molecule has 0 atom stereocenters. The Morgan fingerprint density at radius 3 is 2.43 bits per heavy atom. The van der Waals surface area contributed by atoms with E-state index in [1.54, 1.807) is 13.3 Å². The van der Waals surface area contributed by atoms with Crippen LogP contribution in [0.2, 0.25) is 0 Å². The summed E-state index contributed by atoms with van der Waals surface area (Å²) in [7, 11) is 1.67. The van der Waals surface area contributed by atoms with E-state index in [1.807, 2.05) is 85.6 Å². The SMILES string of the molecule is COc1ccc(-c2cncc(-c3cc(NCCCn4ccnc4)nc(-c4ccccc4)n3)c2)cc1. The van der Waals surface area contributed by atoms with Crippen LogP contribution < -0.4 is 10.1 Å². The molecule has 0 spiro atoms. The highest BCUT2D eigenvalue weighted by Gasteiger charge is 2.10. The van der Waals surface area contributed by atoms with E-state index >= 15 is 0 Å². The molecule has 7 nitrogen and oxygen atoms in total. The van der Waals surface area contributed by atoms with Crippen molar-refractivity contribution in [1.82, 2.24) is 24.5 Å². The second-order valence-corrected chi connectivity index (χ2v) is 8.10. The largest absolute Gasteiger partial charge is 0.497 e. The number of pyridine rings is 1. The maximum atomic E-state index is 5.28. The van der Waals surface area contributed by atoms with E-state index in [2.05, 4.69) is 25.9 Å². The number of aryl methyl sites for hydroxylation is 1. The summed E-state index contributed by atoms with van der Waals surface area (Å²) in [6.07, 6.45) is 10.3. The quantitative estimate of drug-likeness (QED) is 0.288. The van der Waals surface area contributed by atoms with E-state index in [4.69, 9.17) is 14.7 Å². The van der Waals surface area contributed by atoms with Crippen molar-refractivity contribution in [3.8, 4) is 39.5 Å². The van der Waals surface area contributed by atoms with Gasteiger partial charge >= 0.3 is 0 Å². The molecule has 0 unspecified atom stereocenters. The lowest BCUT2D eigenvalue weighted by molar-refractivity contribution is 0.415. The molecular weight excluding hydrogens is 436 g/mol. The summed E-state index contributed by atoms with van der Waals surface area (Å²) < 4.78 is 7.35. The molecular formula is C28H26N6O. The first-order valence-corrected chi connectivity index (χ1v) is 11.5. The van der Waals surface area contributed by atoms with Gasteiger partial charge in [-0.15, -0.1) is 0 Å². The topological polar surface area (TPSA) is 77.8 Å². The molecule has 5 aromatic rings. The van der Waals surface area contributed by atoms with Crippen LogP contribution in [0.4, 0.5) is 5.82 Å². The number of nitrogens with zero attached hydrogens (tertiary/aromatic N) is 5. The fourth-order valence-electron chi connectivity index (χ4n) is 3.82. The fourth-order valence-corrected chi connectivity index (χ4v) is 3.82. The van der Waals surface area contributed by atoms with Gasteiger partial charge in [-0.2, -0.15) is 0 Å². The minimum absolute atomic E-state index is 0.676. The third-order valence-electron chi connectivity index (χ3n) is 5.67. The molecule has 0 aliphatic carbocycles. The molecule has 2 aromatic carbocycles. The molecule has 0 radical (unpaired) electrons. The molecule has 0 amide bonds. The summed E-state index contributed by atoms with van der Waals surface area (Å²) in [5.41, 5.74) is 4.79. The Kier molecular flexibility index (Phi) is 6.75.